The zero-order valence-corrected chi connectivity index (χ0v) is 14.4. The van der Waals surface area contributed by atoms with Crippen LogP contribution in [0.2, 0.25) is 0 Å². The molecule has 2 aromatic rings. The van der Waals surface area contributed by atoms with Crippen molar-refractivity contribution in [1.29, 1.82) is 0 Å². The summed E-state index contributed by atoms with van der Waals surface area (Å²) in [6.45, 7) is 1.40. The number of nitrogens with two attached hydrogens (primary N) is 1. The van der Waals surface area contributed by atoms with E-state index in [9.17, 15) is 4.79 Å². The maximum Gasteiger partial charge on any atom is 0.253 e. The molecule has 1 unspecified atom stereocenters. The van der Waals surface area contributed by atoms with Crippen molar-refractivity contribution in [3.05, 3.63) is 35.9 Å². The third-order valence-corrected chi connectivity index (χ3v) is 4.36. The molecule has 0 radical (unpaired) electrons. The molecule has 1 aromatic carbocycles. The van der Waals surface area contributed by atoms with Crippen LogP contribution in [0.5, 0.6) is 5.88 Å². The predicted molar refractivity (Wildman–Crippen MR) is 94.4 cm³/mol. The van der Waals surface area contributed by atoms with Crippen LogP contribution in [-0.4, -0.2) is 54.2 Å². The number of nitrogen functional groups attached to an aromatic ring is 1. The first-order chi connectivity index (χ1) is 12.1. The molecule has 0 spiro atoms. The second-order valence-electron chi connectivity index (χ2n) is 5.98. The molecule has 1 aromatic heterocycles. The van der Waals surface area contributed by atoms with Crippen molar-refractivity contribution in [3.8, 4) is 17.1 Å². The quantitative estimate of drug-likeness (QED) is 0.914. The Bertz CT molecular complexity index is 748. The van der Waals surface area contributed by atoms with E-state index < -0.39 is 0 Å². The maximum atomic E-state index is 12.7. The van der Waals surface area contributed by atoms with Gasteiger partial charge in [-0.15, -0.1) is 0 Å². The Labute approximate surface area is 146 Å². The normalized spacial score (nSPS) is 17.4. The SMILES string of the molecule is COc1cc(-c2ccc(C(=O)N3CCCC(OC)C3)cc2)nc(N)n1. The van der Waals surface area contributed by atoms with Crippen molar-refractivity contribution < 1.29 is 14.3 Å². The van der Waals surface area contributed by atoms with Gasteiger partial charge in [-0.25, -0.2) is 4.98 Å². The summed E-state index contributed by atoms with van der Waals surface area (Å²) in [7, 11) is 3.22. The Morgan fingerprint density at radius 3 is 2.68 bits per heavy atom. The highest BCUT2D eigenvalue weighted by Gasteiger charge is 2.24. The fraction of sp³-hybridized carbons (Fsp3) is 0.389. The van der Waals surface area contributed by atoms with Crippen LogP contribution in [0.4, 0.5) is 5.95 Å². The van der Waals surface area contributed by atoms with Gasteiger partial charge in [0.05, 0.1) is 18.9 Å². The molecule has 1 saturated heterocycles. The van der Waals surface area contributed by atoms with E-state index in [-0.39, 0.29) is 18.0 Å². The van der Waals surface area contributed by atoms with Crippen LogP contribution in [-0.2, 0) is 4.74 Å². The fourth-order valence-electron chi connectivity index (χ4n) is 2.98. The van der Waals surface area contributed by atoms with Crippen molar-refractivity contribution in [3.63, 3.8) is 0 Å². The minimum Gasteiger partial charge on any atom is -0.481 e. The average molecular weight is 342 g/mol. The molecule has 0 bridgehead atoms. The minimum absolute atomic E-state index is 0.0214. The molecular weight excluding hydrogens is 320 g/mol. The number of hydrogen-bond acceptors (Lipinski definition) is 6. The fourth-order valence-corrected chi connectivity index (χ4v) is 2.98. The van der Waals surface area contributed by atoms with Gasteiger partial charge in [0.2, 0.25) is 11.8 Å². The summed E-state index contributed by atoms with van der Waals surface area (Å²) in [6, 6.07) is 9.02. The molecule has 1 amide bonds. The lowest BCUT2D eigenvalue weighted by molar-refractivity contribution is 0.0269. The van der Waals surface area contributed by atoms with E-state index >= 15 is 0 Å². The average Bonchev–Trinajstić information content (AvgIpc) is 2.67. The molecule has 1 atom stereocenters. The van der Waals surface area contributed by atoms with Gasteiger partial charge in [0.15, 0.2) is 0 Å². The third-order valence-electron chi connectivity index (χ3n) is 4.36. The van der Waals surface area contributed by atoms with Gasteiger partial charge in [-0.3, -0.25) is 4.79 Å². The molecule has 0 saturated carbocycles. The largest absolute Gasteiger partial charge is 0.481 e. The number of anilines is 1. The van der Waals surface area contributed by atoms with Crippen LogP contribution in [0.1, 0.15) is 23.2 Å². The van der Waals surface area contributed by atoms with Crippen molar-refractivity contribution in [2.75, 3.05) is 33.0 Å². The lowest BCUT2D eigenvalue weighted by Crippen LogP contribution is -2.42. The number of benzene rings is 1. The number of carbonyl (C=O) groups is 1. The highest BCUT2D eigenvalue weighted by atomic mass is 16.5. The van der Waals surface area contributed by atoms with E-state index in [1.54, 1.807) is 25.3 Å². The Morgan fingerprint density at radius 1 is 1.24 bits per heavy atom. The summed E-state index contributed by atoms with van der Waals surface area (Å²) in [6.07, 6.45) is 2.08. The van der Waals surface area contributed by atoms with Crippen LogP contribution >= 0.6 is 0 Å². The van der Waals surface area contributed by atoms with Crippen LogP contribution in [0.25, 0.3) is 11.3 Å². The first-order valence-electron chi connectivity index (χ1n) is 8.21. The van der Waals surface area contributed by atoms with Gasteiger partial charge in [0.25, 0.3) is 5.91 Å². The number of carbonyl (C=O) groups excluding carboxylic acids is 1. The molecule has 25 heavy (non-hydrogen) atoms. The molecule has 7 heteroatoms. The van der Waals surface area contributed by atoms with Crippen molar-refractivity contribution >= 4 is 11.9 Å². The lowest BCUT2D eigenvalue weighted by Gasteiger charge is -2.32. The number of likely N-dealkylation sites (tertiary alicyclic amines) is 1. The van der Waals surface area contributed by atoms with Crippen molar-refractivity contribution in [2.45, 2.75) is 18.9 Å². The molecule has 2 N–H and O–H groups in total. The molecule has 3 rings (SSSR count). The maximum absolute atomic E-state index is 12.7. The summed E-state index contributed by atoms with van der Waals surface area (Å²) in [5.41, 5.74) is 7.85. The molecular formula is C18H22N4O3. The highest BCUT2D eigenvalue weighted by molar-refractivity contribution is 5.94. The summed E-state index contributed by atoms with van der Waals surface area (Å²) in [4.78, 5) is 22.7. The van der Waals surface area contributed by atoms with Crippen LogP contribution < -0.4 is 10.5 Å². The number of piperidine rings is 1. The number of aromatic nitrogens is 2. The molecule has 132 valence electrons. The second kappa shape index (κ2) is 7.48. The smallest absolute Gasteiger partial charge is 0.253 e. The third kappa shape index (κ3) is 3.88. The van der Waals surface area contributed by atoms with Gasteiger partial charge in [-0.1, -0.05) is 12.1 Å². The zero-order chi connectivity index (χ0) is 17.8. The number of methoxy groups -OCH3 is 2. The van der Waals surface area contributed by atoms with E-state index in [1.807, 2.05) is 17.0 Å². The second-order valence-corrected chi connectivity index (χ2v) is 5.98. The van der Waals surface area contributed by atoms with Gasteiger partial charge in [-0.05, 0) is 25.0 Å². The van der Waals surface area contributed by atoms with E-state index in [2.05, 4.69) is 9.97 Å². The minimum atomic E-state index is 0.0214. The number of amides is 1. The first kappa shape index (κ1) is 17.2. The molecule has 2 heterocycles. The molecule has 1 aliphatic heterocycles. The molecule has 1 fully saturated rings. The Balaban J connectivity index is 1.78. The Kier molecular flexibility index (Phi) is 5.14. The van der Waals surface area contributed by atoms with E-state index in [4.69, 9.17) is 15.2 Å². The predicted octanol–water partition coefficient (Wildman–Crippen LogP) is 1.99. The van der Waals surface area contributed by atoms with Gasteiger partial charge < -0.3 is 20.1 Å². The van der Waals surface area contributed by atoms with Gasteiger partial charge in [0.1, 0.15) is 0 Å². The summed E-state index contributed by atoms with van der Waals surface area (Å²) < 4.78 is 10.5. The summed E-state index contributed by atoms with van der Waals surface area (Å²) >= 11 is 0. The lowest BCUT2D eigenvalue weighted by atomic mass is 10.0. The van der Waals surface area contributed by atoms with Crippen molar-refractivity contribution in [1.82, 2.24) is 14.9 Å². The van der Waals surface area contributed by atoms with Crippen LogP contribution in [0.3, 0.4) is 0 Å². The van der Waals surface area contributed by atoms with E-state index in [0.717, 1.165) is 24.9 Å². The molecule has 1 aliphatic rings. The van der Waals surface area contributed by atoms with E-state index in [0.29, 0.717) is 23.7 Å². The van der Waals surface area contributed by atoms with Crippen LogP contribution in [0, 0.1) is 0 Å². The topological polar surface area (TPSA) is 90.6 Å². The van der Waals surface area contributed by atoms with E-state index in [1.165, 1.54) is 7.11 Å². The summed E-state index contributed by atoms with van der Waals surface area (Å²) in [5, 5.41) is 0. The standard InChI is InChI=1S/C18H22N4O3/c1-24-14-4-3-9-22(11-14)17(23)13-7-5-12(6-8-13)15-10-16(25-2)21-18(19)20-15/h5-8,10,14H,3-4,9,11H2,1-2H3,(H2,19,20,21). The zero-order valence-electron chi connectivity index (χ0n) is 14.4. The van der Waals surface area contributed by atoms with Gasteiger partial charge >= 0.3 is 0 Å². The number of nitrogens with zero attached hydrogens (tertiary/aromatic N) is 3. The highest BCUT2D eigenvalue weighted by Crippen LogP contribution is 2.23. The number of ether oxygens (including phenoxy) is 2. The molecule has 7 nitrogen and oxygen atoms in total. The monoisotopic (exact) mass is 342 g/mol. The number of rotatable bonds is 4. The Hall–Kier alpha value is -2.67. The van der Waals surface area contributed by atoms with Crippen LogP contribution in [0.15, 0.2) is 30.3 Å². The van der Waals surface area contributed by atoms with Crippen molar-refractivity contribution in [2.24, 2.45) is 0 Å². The number of hydrogen-bond donors (Lipinski definition) is 1. The van der Waals surface area contributed by atoms with Gasteiger partial charge in [0, 0.05) is 37.4 Å². The first-order valence-corrected chi connectivity index (χ1v) is 8.21. The molecule has 0 aliphatic carbocycles. The Morgan fingerprint density at radius 2 is 2.00 bits per heavy atom. The van der Waals surface area contributed by atoms with Gasteiger partial charge in [-0.2, -0.15) is 4.98 Å². The summed E-state index contributed by atoms with van der Waals surface area (Å²) in [5.74, 6) is 0.572.